The normalized spacial score (nSPS) is 13.7. The largest absolute Gasteiger partial charge is 0.507 e. The second kappa shape index (κ2) is 6.88. The number of phenolic OH excluding ortho intramolecular Hbond substituents is 1. The Balaban J connectivity index is 2.91. The van der Waals surface area contributed by atoms with E-state index < -0.39 is 10.0 Å². The first kappa shape index (κ1) is 15.9. The van der Waals surface area contributed by atoms with Crippen LogP contribution in [0.25, 0.3) is 0 Å². The van der Waals surface area contributed by atoms with Gasteiger partial charge in [-0.15, -0.1) is 0 Å². The summed E-state index contributed by atoms with van der Waals surface area (Å²) >= 11 is 0. The molecule has 0 heterocycles. The van der Waals surface area contributed by atoms with Gasteiger partial charge in [-0.05, 0) is 25.0 Å². The number of phenols is 1. The maximum atomic E-state index is 12.2. The number of sulfonamides is 1. The van der Waals surface area contributed by atoms with Crippen molar-refractivity contribution >= 4 is 10.0 Å². The summed E-state index contributed by atoms with van der Waals surface area (Å²) in [6.45, 7) is 6.52. The van der Waals surface area contributed by atoms with Gasteiger partial charge in [-0.3, -0.25) is 0 Å². The standard InChI is InChI=1S/C13H21NO4S/c1-4-18-9-11(10(2)3)14-19(16,17)13-8-6-5-7-12(13)15/h5-8,10-11,14-15H,4,9H2,1-3H3. The van der Waals surface area contributed by atoms with E-state index in [-0.39, 0.29) is 22.6 Å². The topological polar surface area (TPSA) is 75.6 Å². The molecule has 19 heavy (non-hydrogen) atoms. The molecule has 0 saturated heterocycles. The molecule has 0 aliphatic heterocycles. The highest BCUT2D eigenvalue weighted by Crippen LogP contribution is 2.22. The summed E-state index contributed by atoms with van der Waals surface area (Å²) in [6, 6.07) is 5.54. The zero-order chi connectivity index (χ0) is 14.5. The Bertz CT molecular complexity index is 499. The molecule has 0 spiro atoms. The van der Waals surface area contributed by atoms with Crippen molar-refractivity contribution in [2.24, 2.45) is 5.92 Å². The van der Waals surface area contributed by atoms with Crippen molar-refractivity contribution in [3.05, 3.63) is 24.3 Å². The minimum absolute atomic E-state index is 0.0900. The number of hydrogen-bond donors (Lipinski definition) is 2. The number of nitrogens with one attached hydrogen (secondary N) is 1. The van der Waals surface area contributed by atoms with Gasteiger partial charge in [-0.2, -0.15) is 0 Å². The predicted octanol–water partition coefficient (Wildman–Crippen LogP) is 1.73. The van der Waals surface area contributed by atoms with E-state index in [0.29, 0.717) is 13.2 Å². The number of para-hydroxylation sites is 1. The lowest BCUT2D eigenvalue weighted by molar-refractivity contribution is 0.116. The lowest BCUT2D eigenvalue weighted by Gasteiger charge is -2.22. The van der Waals surface area contributed by atoms with Gasteiger partial charge in [-0.25, -0.2) is 13.1 Å². The van der Waals surface area contributed by atoms with Crippen molar-refractivity contribution in [3.63, 3.8) is 0 Å². The van der Waals surface area contributed by atoms with Gasteiger partial charge in [0.2, 0.25) is 10.0 Å². The summed E-state index contributed by atoms with van der Waals surface area (Å²) in [6.07, 6.45) is 0. The Morgan fingerprint density at radius 2 is 1.95 bits per heavy atom. The highest BCUT2D eigenvalue weighted by molar-refractivity contribution is 7.89. The molecule has 0 aliphatic carbocycles. The van der Waals surface area contributed by atoms with Crippen LogP contribution in [0.5, 0.6) is 5.75 Å². The van der Waals surface area contributed by atoms with Gasteiger partial charge in [0.1, 0.15) is 10.6 Å². The average Bonchev–Trinajstić information content (AvgIpc) is 2.34. The summed E-state index contributed by atoms with van der Waals surface area (Å²) in [7, 11) is -3.75. The molecule has 1 rings (SSSR count). The number of benzene rings is 1. The van der Waals surface area contributed by atoms with E-state index in [1.165, 1.54) is 12.1 Å². The molecule has 5 nitrogen and oxygen atoms in total. The highest BCUT2D eigenvalue weighted by atomic mass is 32.2. The number of hydrogen-bond acceptors (Lipinski definition) is 4. The zero-order valence-corrected chi connectivity index (χ0v) is 12.3. The van der Waals surface area contributed by atoms with Gasteiger partial charge in [0, 0.05) is 12.6 Å². The van der Waals surface area contributed by atoms with Crippen LogP contribution in [0.15, 0.2) is 29.2 Å². The summed E-state index contributed by atoms with van der Waals surface area (Å²) in [4.78, 5) is -0.114. The molecule has 0 bridgehead atoms. The van der Waals surface area contributed by atoms with Crippen LogP contribution in [0.2, 0.25) is 0 Å². The van der Waals surface area contributed by atoms with E-state index in [2.05, 4.69) is 4.72 Å². The summed E-state index contributed by atoms with van der Waals surface area (Å²) < 4.78 is 32.3. The first-order valence-corrected chi connectivity index (χ1v) is 7.75. The second-order valence-electron chi connectivity index (χ2n) is 4.60. The van der Waals surface area contributed by atoms with Crippen LogP contribution in [0.1, 0.15) is 20.8 Å². The van der Waals surface area contributed by atoms with E-state index in [4.69, 9.17) is 4.74 Å². The van der Waals surface area contributed by atoms with E-state index in [9.17, 15) is 13.5 Å². The van der Waals surface area contributed by atoms with Gasteiger partial charge in [-0.1, -0.05) is 26.0 Å². The van der Waals surface area contributed by atoms with Crippen molar-refractivity contribution in [2.45, 2.75) is 31.7 Å². The first-order valence-electron chi connectivity index (χ1n) is 6.26. The van der Waals surface area contributed by atoms with Crippen molar-refractivity contribution in [1.29, 1.82) is 0 Å². The minimum Gasteiger partial charge on any atom is -0.507 e. The zero-order valence-electron chi connectivity index (χ0n) is 11.5. The van der Waals surface area contributed by atoms with Crippen LogP contribution in [0, 0.1) is 5.92 Å². The Labute approximate surface area is 114 Å². The number of rotatable bonds is 7. The van der Waals surface area contributed by atoms with Crippen LogP contribution in [-0.4, -0.2) is 32.8 Å². The molecular weight excluding hydrogens is 266 g/mol. The maximum Gasteiger partial charge on any atom is 0.244 e. The summed E-state index contributed by atoms with van der Waals surface area (Å²) in [5.41, 5.74) is 0. The van der Waals surface area contributed by atoms with Gasteiger partial charge in [0.25, 0.3) is 0 Å². The monoisotopic (exact) mass is 287 g/mol. The molecule has 1 unspecified atom stereocenters. The Hall–Kier alpha value is -1.11. The molecule has 0 fully saturated rings. The fraction of sp³-hybridized carbons (Fsp3) is 0.538. The van der Waals surface area contributed by atoms with Crippen LogP contribution in [-0.2, 0) is 14.8 Å². The van der Waals surface area contributed by atoms with E-state index in [1.807, 2.05) is 20.8 Å². The molecule has 0 radical (unpaired) electrons. The van der Waals surface area contributed by atoms with E-state index in [0.717, 1.165) is 0 Å². The van der Waals surface area contributed by atoms with Crippen LogP contribution < -0.4 is 4.72 Å². The van der Waals surface area contributed by atoms with Gasteiger partial charge in [0.15, 0.2) is 0 Å². The van der Waals surface area contributed by atoms with Crippen molar-refractivity contribution in [2.75, 3.05) is 13.2 Å². The Kier molecular flexibility index (Phi) is 5.78. The second-order valence-corrected chi connectivity index (χ2v) is 6.28. The molecule has 1 aromatic rings. The third-order valence-electron chi connectivity index (χ3n) is 2.77. The molecule has 1 aromatic carbocycles. The fourth-order valence-electron chi connectivity index (χ4n) is 1.55. The van der Waals surface area contributed by atoms with Crippen molar-refractivity contribution < 1.29 is 18.3 Å². The lowest BCUT2D eigenvalue weighted by atomic mass is 10.1. The van der Waals surface area contributed by atoms with Crippen LogP contribution >= 0.6 is 0 Å². The van der Waals surface area contributed by atoms with Gasteiger partial charge < -0.3 is 9.84 Å². The number of ether oxygens (including phenoxy) is 1. The van der Waals surface area contributed by atoms with Gasteiger partial charge >= 0.3 is 0 Å². The first-order chi connectivity index (χ1) is 8.88. The lowest BCUT2D eigenvalue weighted by Crippen LogP contribution is -2.41. The molecule has 0 amide bonds. The summed E-state index contributed by atoms with van der Waals surface area (Å²) in [5.74, 6) is -0.166. The average molecular weight is 287 g/mol. The smallest absolute Gasteiger partial charge is 0.244 e. The molecule has 0 aromatic heterocycles. The molecular formula is C13H21NO4S. The molecule has 108 valence electrons. The Morgan fingerprint density at radius 3 is 2.47 bits per heavy atom. The third-order valence-corrected chi connectivity index (χ3v) is 4.30. The molecule has 6 heteroatoms. The van der Waals surface area contributed by atoms with Gasteiger partial charge in [0.05, 0.1) is 6.61 Å². The molecule has 1 atom stereocenters. The summed E-state index contributed by atoms with van der Waals surface area (Å²) in [5, 5.41) is 9.62. The molecule has 0 aliphatic rings. The van der Waals surface area contributed by atoms with Crippen molar-refractivity contribution in [3.8, 4) is 5.75 Å². The minimum atomic E-state index is -3.75. The highest BCUT2D eigenvalue weighted by Gasteiger charge is 2.24. The van der Waals surface area contributed by atoms with Crippen molar-refractivity contribution in [1.82, 2.24) is 4.72 Å². The van der Waals surface area contributed by atoms with E-state index >= 15 is 0 Å². The quantitative estimate of drug-likeness (QED) is 0.801. The molecule has 0 saturated carbocycles. The molecule has 2 N–H and O–H groups in total. The maximum absolute atomic E-state index is 12.2. The third kappa shape index (κ3) is 4.49. The van der Waals surface area contributed by atoms with E-state index in [1.54, 1.807) is 12.1 Å². The van der Waals surface area contributed by atoms with Crippen LogP contribution in [0.4, 0.5) is 0 Å². The number of aromatic hydroxyl groups is 1. The SMILES string of the molecule is CCOCC(NS(=O)(=O)c1ccccc1O)C(C)C. The fourth-order valence-corrected chi connectivity index (χ4v) is 3.02. The van der Waals surface area contributed by atoms with Crippen LogP contribution in [0.3, 0.4) is 0 Å². The Morgan fingerprint density at radius 1 is 1.32 bits per heavy atom. The predicted molar refractivity (Wildman–Crippen MR) is 73.5 cm³/mol.